The minimum absolute atomic E-state index is 0.389. The van der Waals surface area contributed by atoms with Crippen LogP contribution < -0.4 is 10.6 Å². The van der Waals surface area contributed by atoms with Crippen molar-refractivity contribution in [3.05, 3.63) is 16.6 Å². The fourth-order valence-corrected chi connectivity index (χ4v) is 2.38. The summed E-state index contributed by atoms with van der Waals surface area (Å²) in [5.41, 5.74) is 1.87. The number of hydrogen-bond donors (Lipinski definition) is 2. The number of ether oxygens (including phenoxy) is 1. The summed E-state index contributed by atoms with van der Waals surface area (Å²) >= 11 is 1.69. The van der Waals surface area contributed by atoms with Crippen molar-refractivity contribution in [3.8, 4) is 0 Å². The molecule has 2 rings (SSSR count). The highest BCUT2D eigenvalue weighted by Crippen LogP contribution is 2.09. The molecule has 2 atom stereocenters. The van der Waals surface area contributed by atoms with E-state index in [1.54, 1.807) is 18.4 Å². The molecule has 1 saturated heterocycles. The van der Waals surface area contributed by atoms with Crippen LogP contribution in [-0.4, -0.2) is 37.3 Å². The molecule has 0 saturated carbocycles. The van der Waals surface area contributed by atoms with Crippen molar-refractivity contribution in [2.45, 2.75) is 25.1 Å². The lowest BCUT2D eigenvalue weighted by molar-refractivity contribution is 0.117. The van der Waals surface area contributed by atoms with Gasteiger partial charge < -0.3 is 15.4 Å². The van der Waals surface area contributed by atoms with Gasteiger partial charge in [0.25, 0.3) is 0 Å². The van der Waals surface area contributed by atoms with Crippen LogP contribution in [0.4, 0.5) is 0 Å². The molecule has 1 aliphatic heterocycles. The van der Waals surface area contributed by atoms with Crippen LogP contribution in [0.1, 0.15) is 11.3 Å². The number of nitrogens with zero attached hydrogens (tertiary/aromatic N) is 1. The molecular formula is C10H17N3OS. The van der Waals surface area contributed by atoms with E-state index in [2.05, 4.69) is 15.6 Å². The van der Waals surface area contributed by atoms with Crippen molar-refractivity contribution in [1.29, 1.82) is 0 Å². The highest BCUT2D eigenvalue weighted by atomic mass is 32.1. The maximum Gasteiger partial charge on any atom is 0.0794 e. The van der Waals surface area contributed by atoms with Crippen LogP contribution in [0.5, 0.6) is 0 Å². The average molecular weight is 227 g/mol. The molecule has 1 aromatic rings. The molecule has 2 N–H and O–H groups in total. The monoisotopic (exact) mass is 227 g/mol. The van der Waals surface area contributed by atoms with Gasteiger partial charge in [0.2, 0.25) is 0 Å². The Bertz CT molecular complexity index is 278. The molecular weight excluding hydrogens is 210 g/mol. The number of aromatic nitrogens is 1. The van der Waals surface area contributed by atoms with Crippen molar-refractivity contribution in [3.63, 3.8) is 0 Å². The van der Waals surface area contributed by atoms with Crippen LogP contribution in [-0.2, 0) is 11.3 Å². The van der Waals surface area contributed by atoms with Crippen molar-refractivity contribution in [1.82, 2.24) is 15.6 Å². The van der Waals surface area contributed by atoms with E-state index in [9.17, 15) is 0 Å². The molecule has 0 radical (unpaired) electrons. The molecule has 15 heavy (non-hydrogen) atoms. The van der Waals surface area contributed by atoms with Gasteiger partial charge in [-0.05, 0) is 6.42 Å². The van der Waals surface area contributed by atoms with E-state index in [1.807, 2.05) is 11.7 Å². The number of hydrogen-bond acceptors (Lipinski definition) is 5. The van der Waals surface area contributed by atoms with Gasteiger partial charge >= 0.3 is 0 Å². The molecule has 0 aromatic carbocycles. The zero-order chi connectivity index (χ0) is 10.5. The summed E-state index contributed by atoms with van der Waals surface area (Å²) < 4.78 is 5.30. The summed E-state index contributed by atoms with van der Waals surface area (Å²) in [4.78, 5) is 5.33. The summed E-state index contributed by atoms with van der Waals surface area (Å²) in [6, 6.07) is 0.544. The topological polar surface area (TPSA) is 46.2 Å². The standard InChI is InChI=1S/C10H17N3OS/c1-14-9-2-8(13-4-9)3-11-5-10-6-12-7-15-10/h6-9,11,13H,2-5H2,1H3. The van der Waals surface area contributed by atoms with E-state index in [4.69, 9.17) is 4.74 Å². The number of rotatable bonds is 5. The average Bonchev–Trinajstić information content (AvgIpc) is 2.88. The molecule has 2 unspecified atom stereocenters. The second-order valence-corrected chi connectivity index (χ2v) is 4.77. The van der Waals surface area contributed by atoms with Crippen LogP contribution in [0.3, 0.4) is 0 Å². The van der Waals surface area contributed by atoms with E-state index in [0.717, 1.165) is 26.1 Å². The highest BCUT2D eigenvalue weighted by molar-refractivity contribution is 7.09. The van der Waals surface area contributed by atoms with Gasteiger partial charge in [-0.25, -0.2) is 0 Å². The first-order valence-corrected chi connectivity index (χ1v) is 6.10. The molecule has 1 aliphatic rings. The molecule has 4 nitrogen and oxygen atoms in total. The van der Waals surface area contributed by atoms with Gasteiger partial charge in [0.05, 0.1) is 11.6 Å². The Kier molecular flexibility index (Phi) is 4.08. The first kappa shape index (κ1) is 11.0. The van der Waals surface area contributed by atoms with Crippen molar-refractivity contribution in [2.75, 3.05) is 20.2 Å². The van der Waals surface area contributed by atoms with Crippen LogP contribution >= 0.6 is 11.3 Å². The van der Waals surface area contributed by atoms with Gasteiger partial charge in [0.15, 0.2) is 0 Å². The van der Waals surface area contributed by atoms with Gasteiger partial charge in [0.1, 0.15) is 0 Å². The minimum atomic E-state index is 0.389. The predicted octanol–water partition coefficient (Wildman–Crippen LogP) is 0.610. The zero-order valence-electron chi connectivity index (χ0n) is 8.90. The molecule has 1 fully saturated rings. The number of thiazole rings is 1. The van der Waals surface area contributed by atoms with Gasteiger partial charge in [-0.15, -0.1) is 11.3 Å². The smallest absolute Gasteiger partial charge is 0.0794 e. The third-order valence-electron chi connectivity index (χ3n) is 2.69. The second kappa shape index (κ2) is 5.55. The minimum Gasteiger partial charge on any atom is -0.380 e. The lowest BCUT2D eigenvalue weighted by Gasteiger charge is -2.10. The van der Waals surface area contributed by atoms with Gasteiger partial charge in [-0.2, -0.15) is 0 Å². The van der Waals surface area contributed by atoms with Gasteiger partial charge in [-0.1, -0.05) is 0 Å². The SMILES string of the molecule is COC1CNC(CNCc2cncs2)C1. The molecule has 1 aromatic heterocycles. The fraction of sp³-hybridized carbons (Fsp3) is 0.700. The van der Waals surface area contributed by atoms with Crippen molar-refractivity contribution in [2.24, 2.45) is 0 Å². The lowest BCUT2D eigenvalue weighted by atomic mass is 10.2. The molecule has 2 heterocycles. The Morgan fingerprint density at radius 1 is 1.73 bits per heavy atom. The Hall–Kier alpha value is -0.490. The summed E-state index contributed by atoms with van der Waals surface area (Å²) in [6.07, 6.45) is 3.41. The molecule has 0 spiro atoms. The Balaban J connectivity index is 1.63. The lowest BCUT2D eigenvalue weighted by Crippen LogP contribution is -2.33. The molecule has 0 bridgehead atoms. The maximum atomic E-state index is 5.30. The van der Waals surface area contributed by atoms with E-state index in [-0.39, 0.29) is 0 Å². The molecule has 0 amide bonds. The van der Waals surface area contributed by atoms with Crippen LogP contribution in [0.2, 0.25) is 0 Å². The summed E-state index contributed by atoms with van der Waals surface area (Å²) in [5, 5.41) is 6.86. The maximum absolute atomic E-state index is 5.30. The fourth-order valence-electron chi connectivity index (χ4n) is 1.82. The first-order chi connectivity index (χ1) is 7.38. The van der Waals surface area contributed by atoms with Gasteiger partial charge in [-0.3, -0.25) is 4.98 Å². The van der Waals surface area contributed by atoms with Crippen LogP contribution in [0.25, 0.3) is 0 Å². The summed E-state index contributed by atoms with van der Waals surface area (Å²) in [5.74, 6) is 0. The zero-order valence-corrected chi connectivity index (χ0v) is 9.72. The molecule has 0 aliphatic carbocycles. The number of methoxy groups -OCH3 is 1. The number of nitrogens with one attached hydrogen (secondary N) is 2. The van der Waals surface area contributed by atoms with Crippen LogP contribution in [0, 0.1) is 0 Å². The summed E-state index contributed by atoms with van der Waals surface area (Å²) in [7, 11) is 1.78. The molecule has 5 heteroatoms. The Labute approximate surface area is 94.1 Å². The Morgan fingerprint density at radius 3 is 3.33 bits per heavy atom. The van der Waals surface area contributed by atoms with Crippen LogP contribution in [0.15, 0.2) is 11.7 Å². The van der Waals surface area contributed by atoms with E-state index >= 15 is 0 Å². The van der Waals surface area contributed by atoms with E-state index in [1.165, 1.54) is 4.88 Å². The highest BCUT2D eigenvalue weighted by Gasteiger charge is 2.22. The first-order valence-electron chi connectivity index (χ1n) is 5.22. The third-order valence-corrected chi connectivity index (χ3v) is 3.47. The Morgan fingerprint density at radius 2 is 2.67 bits per heavy atom. The predicted molar refractivity (Wildman–Crippen MR) is 61.0 cm³/mol. The van der Waals surface area contributed by atoms with Gasteiger partial charge in [0, 0.05) is 43.9 Å². The second-order valence-electron chi connectivity index (χ2n) is 3.80. The van der Waals surface area contributed by atoms with E-state index in [0.29, 0.717) is 12.1 Å². The van der Waals surface area contributed by atoms with E-state index < -0.39 is 0 Å². The third kappa shape index (κ3) is 3.24. The quantitative estimate of drug-likeness (QED) is 0.773. The molecule has 84 valence electrons. The summed E-state index contributed by atoms with van der Waals surface area (Å²) in [6.45, 7) is 2.89. The normalized spacial score (nSPS) is 25.9. The van der Waals surface area contributed by atoms with Crippen molar-refractivity contribution >= 4 is 11.3 Å². The van der Waals surface area contributed by atoms with Crippen molar-refractivity contribution < 1.29 is 4.74 Å². The largest absolute Gasteiger partial charge is 0.380 e.